The Morgan fingerprint density at radius 1 is 0.972 bits per heavy atom. The van der Waals surface area contributed by atoms with Crippen LogP contribution in [0.3, 0.4) is 0 Å². The molecule has 0 unspecified atom stereocenters. The highest BCUT2D eigenvalue weighted by molar-refractivity contribution is 5.91. The summed E-state index contributed by atoms with van der Waals surface area (Å²) in [5.74, 6) is 0.912. The summed E-state index contributed by atoms with van der Waals surface area (Å²) in [6, 6.07) is 21.7. The van der Waals surface area contributed by atoms with Gasteiger partial charge < -0.3 is 19.2 Å². The summed E-state index contributed by atoms with van der Waals surface area (Å²) in [6.45, 7) is 1.24. The lowest BCUT2D eigenvalue weighted by Crippen LogP contribution is -2.42. The second-order valence-electron chi connectivity index (χ2n) is 9.39. The molecule has 1 aliphatic rings. The number of para-hydroxylation sites is 2. The van der Waals surface area contributed by atoms with Gasteiger partial charge in [0.15, 0.2) is 5.76 Å². The number of aromatic nitrogens is 2. The maximum absolute atomic E-state index is 13.8. The lowest BCUT2D eigenvalue weighted by molar-refractivity contribution is -0.135. The number of rotatable bonds is 9. The summed E-state index contributed by atoms with van der Waals surface area (Å²) in [5.41, 5.74) is 2.93. The molecule has 0 aliphatic heterocycles. The molecule has 0 spiro atoms. The molecule has 2 aromatic carbocycles. The first-order chi connectivity index (χ1) is 17.7. The van der Waals surface area contributed by atoms with Gasteiger partial charge >= 0.3 is 0 Å². The molecule has 0 saturated heterocycles. The lowest BCUT2D eigenvalue weighted by atomic mass is 9.93. The SMILES string of the molecule is O=C(NCCc1nc2ccccc2n1CC(=O)N(Cc1ccccc1)C1CCCCC1)c1ccco1. The fourth-order valence-electron chi connectivity index (χ4n) is 5.10. The number of amides is 2. The molecular formula is C29H32N4O3. The molecule has 186 valence electrons. The number of nitrogens with one attached hydrogen (secondary N) is 1. The van der Waals surface area contributed by atoms with E-state index in [0.29, 0.717) is 19.5 Å². The molecule has 4 aromatic rings. The van der Waals surface area contributed by atoms with Gasteiger partial charge in [0, 0.05) is 25.6 Å². The maximum atomic E-state index is 13.8. The van der Waals surface area contributed by atoms with Gasteiger partial charge in [0.2, 0.25) is 5.91 Å². The molecule has 0 bridgehead atoms. The fraction of sp³-hybridized carbons (Fsp3) is 0.345. The van der Waals surface area contributed by atoms with Gasteiger partial charge in [-0.05, 0) is 42.7 Å². The van der Waals surface area contributed by atoms with Crippen LogP contribution < -0.4 is 5.32 Å². The monoisotopic (exact) mass is 484 g/mol. The van der Waals surface area contributed by atoms with Crippen molar-refractivity contribution in [2.24, 2.45) is 0 Å². The molecule has 2 aromatic heterocycles. The molecule has 7 heteroatoms. The molecule has 5 rings (SSSR count). The number of imidazole rings is 1. The highest BCUT2D eigenvalue weighted by atomic mass is 16.3. The van der Waals surface area contributed by atoms with E-state index in [4.69, 9.17) is 9.40 Å². The molecule has 2 amide bonds. The Morgan fingerprint density at radius 2 is 1.75 bits per heavy atom. The smallest absolute Gasteiger partial charge is 0.286 e. The van der Waals surface area contributed by atoms with Crippen LogP contribution in [-0.4, -0.2) is 38.9 Å². The highest BCUT2D eigenvalue weighted by Gasteiger charge is 2.27. The van der Waals surface area contributed by atoms with E-state index in [0.717, 1.165) is 48.1 Å². The van der Waals surface area contributed by atoms with Gasteiger partial charge in [-0.3, -0.25) is 9.59 Å². The maximum Gasteiger partial charge on any atom is 0.286 e. The summed E-state index contributed by atoms with van der Waals surface area (Å²) in [7, 11) is 0. The normalized spacial score (nSPS) is 14.1. The predicted octanol–water partition coefficient (Wildman–Crippen LogP) is 4.96. The summed E-state index contributed by atoms with van der Waals surface area (Å²) in [4.78, 5) is 33.0. The number of hydrogen-bond donors (Lipinski definition) is 1. The third kappa shape index (κ3) is 5.51. The van der Waals surface area contributed by atoms with Crippen molar-refractivity contribution in [3.8, 4) is 0 Å². The zero-order valence-corrected chi connectivity index (χ0v) is 20.4. The molecule has 7 nitrogen and oxygen atoms in total. The van der Waals surface area contributed by atoms with Gasteiger partial charge in [-0.1, -0.05) is 61.7 Å². The summed E-state index contributed by atoms with van der Waals surface area (Å²) in [6.07, 6.45) is 7.66. The quantitative estimate of drug-likeness (QED) is 0.364. The van der Waals surface area contributed by atoms with E-state index in [1.54, 1.807) is 12.1 Å². The van der Waals surface area contributed by atoms with Crippen molar-refractivity contribution in [2.75, 3.05) is 6.54 Å². The van der Waals surface area contributed by atoms with Gasteiger partial charge in [-0.25, -0.2) is 4.98 Å². The zero-order valence-electron chi connectivity index (χ0n) is 20.4. The van der Waals surface area contributed by atoms with Gasteiger partial charge in [0.05, 0.1) is 17.3 Å². The summed E-state index contributed by atoms with van der Waals surface area (Å²) < 4.78 is 7.18. The molecule has 1 saturated carbocycles. The lowest BCUT2D eigenvalue weighted by Gasteiger charge is -2.35. The summed E-state index contributed by atoms with van der Waals surface area (Å²) in [5, 5.41) is 2.88. The van der Waals surface area contributed by atoms with E-state index >= 15 is 0 Å². The number of benzene rings is 2. The Hall–Kier alpha value is -3.87. The Bertz CT molecular complexity index is 1290. The molecule has 1 N–H and O–H groups in total. The van der Waals surface area contributed by atoms with Crippen LogP contribution in [0, 0.1) is 0 Å². The molecule has 0 radical (unpaired) electrons. The van der Waals surface area contributed by atoms with Crippen molar-refractivity contribution in [3.63, 3.8) is 0 Å². The van der Waals surface area contributed by atoms with Crippen LogP contribution in [0.15, 0.2) is 77.4 Å². The second kappa shape index (κ2) is 11.2. The van der Waals surface area contributed by atoms with Crippen molar-refractivity contribution in [1.29, 1.82) is 0 Å². The first-order valence-electron chi connectivity index (χ1n) is 12.8. The number of carbonyl (C=O) groups excluding carboxylic acids is 2. The number of nitrogens with zero attached hydrogens (tertiary/aromatic N) is 3. The van der Waals surface area contributed by atoms with Crippen LogP contribution in [0.25, 0.3) is 11.0 Å². The average Bonchev–Trinajstić information content (AvgIpc) is 3.57. The molecule has 36 heavy (non-hydrogen) atoms. The Balaban J connectivity index is 1.36. The van der Waals surface area contributed by atoms with Crippen molar-refractivity contribution < 1.29 is 14.0 Å². The van der Waals surface area contributed by atoms with Crippen molar-refractivity contribution in [3.05, 3.63) is 90.1 Å². The molecule has 1 fully saturated rings. The predicted molar refractivity (Wildman–Crippen MR) is 138 cm³/mol. The van der Waals surface area contributed by atoms with Crippen molar-refractivity contribution >= 4 is 22.8 Å². The Kier molecular flexibility index (Phi) is 7.45. The minimum absolute atomic E-state index is 0.106. The highest BCUT2D eigenvalue weighted by Crippen LogP contribution is 2.25. The van der Waals surface area contributed by atoms with E-state index in [9.17, 15) is 9.59 Å². The third-order valence-electron chi connectivity index (χ3n) is 6.94. The van der Waals surface area contributed by atoms with Crippen LogP contribution in [0.2, 0.25) is 0 Å². The molecular weight excluding hydrogens is 452 g/mol. The largest absolute Gasteiger partial charge is 0.459 e. The second-order valence-corrected chi connectivity index (χ2v) is 9.39. The number of carbonyl (C=O) groups is 2. The number of hydrogen-bond acceptors (Lipinski definition) is 4. The minimum atomic E-state index is -0.259. The van der Waals surface area contributed by atoms with E-state index in [1.807, 2.05) is 47.0 Å². The average molecular weight is 485 g/mol. The van der Waals surface area contributed by atoms with E-state index in [-0.39, 0.29) is 30.2 Å². The third-order valence-corrected chi connectivity index (χ3v) is 6.94. The Morgan fingerprint density at radius 3 is 2.53 bits per heavy atom. The summed E-state index contributed by atoms with van der Waals surface area (Å²) >= 11 is 0. The van der Waals surface area contributed by atoms with Crippen LogP contribution in [0.1, 0.15) is 54.0 Å². The van der Waals surface area contributed by atoms with Crippen LogP contribution >= 0.6 is 0 Å². The van der Waals surface area contributed by atoms with Gasteiger partial charge in [0.1, 0.15) is 12.4 Å². The van der Waals surface area contributed by atoms with E-state index in [1.165, 1.54) is 12.7 Å². The van der Waals surface area contributed by atoms with Crippen molar-refractivity contribution in [1.82, 2.24) is 19.8 Å². The first-order valence-corrected chi connectivity index (χ1v) is 12.8. The van der Waals surface area contributed by atoms with Gasteiger partial charge in [-0.15, -0.1) is 0 Å². The van der Waals surface area contributed by atoms with E-state index in [2.05, 4.69) is 22.3 Å². The molecule has 0 atom stereocenters. The van der Waals surface area contributed by atoms with Gasteiger partial charge in [-0.2, -0.15) is 0 Å². The zero-order chi connectivity index (χ0) is 24.7. The van der Waals surface area contributed by atoms with Crippen LogP contribution in [-0.2, 0) is 24.3 Å². The first kappa shape index (κ1) is 23.9. The fourth-order valence-corrected chi connectivity index (χ4v) is 5.10. The minimum Gasteiger partial charge on any atom is -0.459 e. The van der Waals surface area contributed by atoms with Crippen LogP contribution in [0.4, 0.5) is 0 Å². The Labute approximate surface area is 211 Å². The molecule has 2 heterocycles. The van der Waals surface area contributed by atoms with Gasteiger partial charge in [0.25, 0.3) is 5.91 Å². The number of furan rings is 1. The molecule has 1 aliphatic carbocycles. The topological polar surface area (TPSA) is 80.4 Å². The standard InChI is InChI=1S/C29H32N4O3/c34-28(32(23-12-5-2-6-13-23)20-22-10-3-1-4-11-22)21-33-25-15-8-7-14-24(25)31-27(33)17-18-30-29(35)26-16-9-19-36-26/h1,3-4,7-11,14-16,19,23H,2,5-6,12-13,17-18,20-21H2,(H,30,35). The van der Waals surface area contributed by atoms with Crippen molar-refractivity contribution in [2.45, 2.75) is 57.7 Å². The van der Waals surface area contributed by atoms with E-state index < -0.39 is 0 Å². The number of fused-ring (bicyclic) bond motifs is 1. The van der Waals surface area contributed by atoms with Crippen LogP contribution in [0.5, 0.6) is 0 Å².